The zero-order valence-corrected chi connectivity index (χ0v) is 15.9. The molecule has 2 rings (SSSR count). The van der Waals surface area contributed by atoms with Gasteiger partial charge in [0.15, 0.2) is 0 Å². The third-order valence-electron chi connectivity index (χ3n) is 4.14. The normalized spacial score (nSPS) is 24.0. The SMILES string of the molecule is Cc1nc(C(C)C)sc1C(=O)NCC(C)N1CC(C)OC(C)C1. The smallest absolute Gasteiger partial charge is 0.263 e. The van der Waals surface area contributed by atoms with Gasteiger partial charge in [0.05, 0.1) is 22.9 Å². The van der Waals surface area contributed by atoms with E-state index in [2.05, 4.69) is 49.8 Å². The van der Waals surface area contributed by atoms with E-state index in [9.17, 15) is 4.79 Å². The Labute approximate surface area is 143 Å². The molecular formula is C17H29N3O2S. The highest BCUT2D eigenvalue weighted by Gasteiger charge is 2.26. The van der Waals surface area contributed by atoms with Gasteiger partial charge in [-0.25, -0.2) is 4.98 Å². The number of carbonyl (C=O) groups is 1. The lowest BCUT2D eigenvalue weighted by Crippen LogP contribution is -2.52. The first-order valence-electron chi connectivity index (χ1n) is 8.43. The highest BCUT2D eigenvalue weighted by atomic mass is 32.1. The van der Waals surface area contributed by atoms with Crippen molar-refractivity contribution in [3.63, 3.8) is 0 Å². The summed E-state index contributed by atoms with van der Waals surface area (Å²) >= 11 is 1.51. The Balaban J connectivity index is 1.91. The van der Waals surface area contributed by atoms with Crippen LogP contribution in [0.25, 0.3) is 0 Å². The zero-order chi connectivity index (χ0) is 17.1. The molecule has 130 valence electrons. The van der Waals surface area contributed by atoms with Gasteiger partial charge in [0.2, 0.25) is 0 Å². The summed E-state index contributed by atoms with van der Waals surface area (Å²) in [5.74, 6) is 0.351. The number of aryl methyl sites for hydroxylation is 1. The molecule has 1 aromatic rings. The second-order valence-corrected chi connectivity index (χ2v) is 7.92. The summed E-state index contributed by atoms with van der Waals surface area (Å²) in [5.41, 5.74) is 0.831. The van der Waals surface area contributed by atoms with E-state index >= 15 is 0 Å². The van der Waals surface area contributed by atoms with Crippen LogP contribution in [-0.4, -0.2) is 53.7 Å². The van der Waals surface area contributed by atoms with Gasteiger partial charge >= 0.3 is 0 Å². The van der Waals surface area contributed by atoms with Crippen LogP contribution in [0.2, 0.25) is 0 Å². The molecule has 1 aromatic heterocycles. The lowest BCUT2D eigenvalue weighted by Gasteiger charge is -2.38. The van der Waals surface area contributed by atoms with Gasteiger partial charge in [0, 0.05) is 31.6 Å². The van der Waals surface area contributed by atoms with E-state index in [0.29, 0.717) is 18.5 Å². The largest absolute Gasteiger partial charge is 0.373 e. The molecule has 5 nitrogen and oxygen atoms in total. The molecule has 3 unspecified atom stereocenters. The third kappa shape index (κ3) is 4.75. The van der Waals surface area contributed by atoms with E-state index in [0.717, 1.165) is 28.7 Å². The fraction of sp³-hybridized carbons (Fsp3) is 0.765. The summed E-state index contributed by atoms with van der Waals surface area (Å²) in [5, 5.41) is 4.09. The summed E-state index contributed by atoms with van der Waals surface area (Å²) in [6, 6.07) is 0.297. The number of ether oxygens (including phenoxy) is 1. The second kappa shape index (κ2) is 7.73. The van der Waals surface area contributed by atoms with Crippen molar-refractivity contribution < 1.29 is 9.53 Å². The molecule has 1 fully saturated rings. The summed E-state index contributed by atoms with van der Waals surface area (Å²) in [6.07, 6.45) is 0.489. The molecule has 1 amide bonds. The first-order chi connectivity index (χ1) is 10.8. The van der Waals surface area contributed by atoms with Crippen LogP contribution < -0.4 is 5.32 Å². The molecule has 6 heteroatoms. The number of rotatable bonds is 5. The fourth-order valence-electron chi connectivity index (χ4n) is 2.90. The molecule has 2 heterocycles. The van der Waals surface area contributed by atoms with E-state index in [4.69, 9.17) is 4.74 Å². The standard InChI is InChI=1S/C17H29N3O2S/c1-10(2)17-19-14(6)15(23-17)16(21)18-7-11(3)20-8-12(4)22-13(5)9-20/h10-13H,7-9H2,1-6H3,(H,18,21). The van der Waals surface area contributed by atoms with E-state index in [1.165, 1.54) is 11.3 Å². The molecule has 1 N–H and O–H groups in total. The molecule has 0 radical (unpaired) electrons. The third-order valence-corrected chi connectivity index (χ3v) is 5.60. The van der Waals surface area contributed by atoms with Crippen molar-refractivity contribution in [3.05, 3.63) is 15.6 Å². The van der Waals surface area contributed by atoms with Crippen LogP contribution in [0.15, 0.2) is 0 Å². The van der Waals surface area contributed by atoms with Crippen LogP contribution in [0.1, 0.15) is 60.9 Å². The van der Waals surface area contributed by atoms with Gasteiger partial charge in [-0.2, -0.15) is 0 Å². The number of carbonyl (C=O) groups excluding carboxylic acids is 1. The quantitative estimate of drug-likeness (QED) is 0.896. The van der Waals surface area contributed by atoms with Crippen LogP contribution >= 0.6 is 11.3 Å². The number of aromatic nitrogens is 1. The Kier molecular flexibility index (Phi) is 6.17. The molecule has 0 bridgehead atoms. The summed E-state index contributed by atoms with van der Waals surface area (Å²) in [6.45, 7) is 14.9. The molecule has 1 aliphatic heterocycles. The Bertz CT molecular complexity index is 534. The van der Waals surface area contributed by atoms with E-state index < -0.39 is 0 Å². The molecule has 0 aliphatic carbocycles. The summed E-state index contributed by atoms with van der Waals surface area (Å²) in [4.78, 5) is 20.1. The van der Waals surface area contributed by atoms with E-state index in [1.54, 1.807) is 0 Å². The van der Waals surface area contributed by atoms with Gasteiger partial charge in [0.1, 0.15) is 4.88 Å². The fourth-order valence-corrected chi connectivity index (χ4v) is 3.89. The molecular weight excluding hydrogens is 310 g/mol. The molecule has 1 saturated heterocycles. The number of nitrogens with one attached hydrogen (secondary N) is 1. The first-order valence-corrected chi connectivity index (χ1v) is 9.24. The minimum Gasteiger partial charge on any atom is -0.373 e. The second-order valence-electron chi connectivity index (χ2n) is 6.89. The molecule has 23 heavy (non-hydrogen) atoms. The maximum absolute atomic E-state index is 12.4. The van der Waals surface area contributed by atoms with Gasteiger partial charge in [-0.05, 0) is 27.7 Å². The van der Waals surface area contributed by atoms with Crippen molar-refractivity contribution in [1.82, 2.24) is 15.2 Å². The van der Waals surface area contributed by atoms with Crippen LogP contribution in [-0.2, 0) is 4.74 Å². The minimum absolute atomic E-state index is 0.00638. The van der Waals surface area contributed by atoms with Crippen molar-refractivity contribution >= 4 is 17.2 Å². The van der Waals surface area contributed by atoms with Crippen LogP contribution in [0, 0.1) is 6.92 Å². The van der Waals surface area contributed by atoms with Gasteiger partial charge in [-0.1, -0.05) is 13.8 Å². The molecule has 0 aromatic carbocycles. The number of amides is 1. The Morgan fingerprint density at radius 1 is 1.35 bits per heavy atom. The van der Waals surface area contributed by atoms with Crippen molar-refractivity contribution in [2.45, 2.75) is 65.7 Å². The van der Waals surface area contributed by atoms with E-state index in [1.807, 2.05) is 6.92 Å². The van der Waals surface area contributed by atoms with Gasteiger partial charge in [-0.15, -0.1) is 11.3 Å². The molecule has 0 spiro atoms. The predicted molar refractivity (Wildman–Crippen MR) is 94.3 cm³/mol. The van der Waals surface area contributed by atoms with Crippen molar-refractivity contribution in [1.29, 1.82) is 0 Å². The number of hydrogen-bond donors (Lipinski definition) is 1. The maximum Gasteiger partial charge on any atom is 0.263 e. The molecule has 1 aliphatic rings. The number of nitrogens with zero attached hydrogens (tertiary/aromatic N) is 2. The zero-order valence-electron chi connectivity index (χ0n) is 15.0. The highest BCUT2D eigenvalue weighted by molar-refractivity contribution is 7.13. The van der Waals surface area contributed by atoms with Crippen LogP contribution in [0.5, 0.6) is 0 Å². The Morgan fingerprint density at radius 3 is 2.48 bits per heavy atom. The van der Waals surface area contributed by atoms with Crippen LogP contribution in [0.4, 0.5) is 0 Å². The monoisotopic (exact) mass is 339 g/mol. The van der Waals surface area contributed by atoms with Crippen molar-refractivity contribution in [3.8, 4) is 0 Å². The summed E-state index contributed by atoms with van der Waals surface area (Å²) < 4.78 is 5.77. The maximum atomic E-state index is 12.4. The lowest BCUT2D eigenvalue weighted by atomic mass is 10.1. The summed E-state index contributed by atoms with van der Waals surface area (Å²) in [7, 11) is 0. The van der Waals surface area contributed by atoms with Gasteiger partial charge in [-0.3, -0.25) is 9.69 Å². The lowest BCUT2D eigenvalue weighted by molar-refractivity contribution is -0.0778. The highest BCUT2D eigenvalue weighted by Crippen LogP contribution is 2.24. The molecule has 3 atom stereocenters. The van der Waals surface area contributed by atoms with Crippen LogP contribution in [0.3, 0.4) is 0 Å². The topological polar surface area (TPSA) is 54.5 Å². The Hall–Kier alpha value is -0.980. The average Bonchev–Trinajstić information content (AvgIpc) is 2.85. The minimum atomic E-state index is -0.00638. The first kappa shape index (κ1) is 18.4. The molecule has 0 saturated carbocycles. The van der Waals surface area contributed by atoms with Crippen molar-refractivity contribution in [2.75, 3.05) is 19.6 Å². The van der Waals surface area contributed by atoms with Gasteiger partial charge < -0.3 is 10.1 Å². The predicted octanol–water partition coefficient (Wildman–Crippen LogP) is 2.80. The van der Waals surface area contributed by atoms with Gasteiger partial charge in [0.25, 0.3) is 5.91 Å². The number of morpholine rings is 1. The number of hydrogen-bond acceptors (Lipinski definition) is 5. The number of thiazole rings is 1. The van der Waals surface area contributed by atoms with E-state index in [-0.39, 0.29) is 18.1 Å². The Morgan fingerprint density at radius 2 is 1.96 bits per heavy atom. The van der Waals surface area contributed by atoms with Crippen molar-refractivity contribution in [2.24, 2.45) is 0 Å². The average molecular weight is 340 g/mol.